The average Bonchev–Trinajstić information content (AvgIpc) is 2.39. The summed E-state index contributed by atoms with van der Waals surface area (Å²) in [4.78, 5) is 0. The third-order valence-electron chi connectivity index (χ3n) is 4.14. The molecule has 2 rings (SSSR count). The van der Waals surface area contributed by atoms with Crippen molar-refractivity contribution in [2.45, 2.75) is 62.3 Å². The van der Waals surface area contributed by atoms with E-state index in [1.54, 1.807) is 0 Å². The lowest BCUT2D eigenvalue weighted by Crippen LogP contribution is -2.46. The summed E-state index contributed by atoms with van der Waals surface area (Å²) in [6.45, 7) is 0.957. The number of hydrogen-bond acceptors (Lipinski definition) is 4. The highest BCUT2D eigenvalue weighted by Crippen LogP contribution is 2.27. The van der Waals surface area contributed by atoms with Crippen LogP contribution in [0.25, 0.3) is 0 Å². The monoisotopic (exact) mass is 306 g/mol. The first-order valence-electron chi connectivity index (χ1n) is 7.35. The van der Waals surface area contributed by atoms with Gasteiger partial charge in [0.05, 0.1) is 5.75 Å². The molecule has 6 heteroatoms. The Balaban J connectivity index is 1.82. The number of nitrogens with one attached hydrogen (secondary N) is 2. The van der Waals surface area contributed by atoms with E-state index >= 15 is 0 Å². The highest BCUT2D eigenvalue weighted by Gasteiger charge is 2.27. The molecule has 1 aliphatic heterocycles. The van der Waals surface area contributed by atoms with Gasteiger partial charge in [-0.1, -0.05) is 12.8 Å². The average molecular weight is 306 g/mol. The molecule has 1 heterocycles. The lowest BCUT2D eigenvalue weighted by molar-refractivity contribution is 0.406. The first kappa shape index (κ1) is 15.6. The first-order chi connectivity index (χ1) is 9.09. The van der Waals surface area contributed by atoms with Crippen LogP contribution in [-0.2, 0) is 10.0 Å². The molecule has 2 aliphatic rings. The van der Waals surface area contributed by atoms with Crippen LogP contribution >= 0.6 is 11.8 Å². The van der Waals surface area contributed by atoms with Gasteiger partial charge < -0.3 is 5.32 Å². The maximum absolute atomic E-state index is 12.2. The molecular formula is C13H26N2O2S2. The van der Waals surface area contributed by atoms with E-state index in [1.165, 1.54) is 12.8 Å². The summed E-state index contributed by atoms with van der Waals surface area (Å²) >= 11 is 1.86. The van der Waals surface area contributed by atoms with Gasteiger partial charge in [-0.3, -0.25) is 0 Å². The highest BCUT2D eigenvalue weighted by molar-refractivity contribution is 7.99. The van der Waals surface area contributed by atoms with Gasteiger partial charge in [-0.2, -0.15) is 11.8 Å². The number of thioether (sulfide) groups is 1. The Kier molecular flexibility index (Phi) is 5.99. The fourth-order valence-corrected chi connectivity index (χ4v) is 5.56. The predicted molar refractivity (Wildman–Crippen MR) is 82.1 cm³/mol. The van der Waals surface area contributed by atoms with Gasteiger partial charge in [0, 0.05) is 17.3 Å². The second-order valence-corrected chi connectivity index (χ2v) is 8.70. The number of sulfonamides is 1. The summed E-state index contributed by atoms with van der Waals surface area (Å²) in [6.07, 6.45) is 9.76. The van der Waals surface area contributed by atoms with Crippen molar-refractivity contribution in [3.8, 4) is 0 Å². The van der Waals surface area contributed by atoms with Crippen molar-refractivity contribution in [3.63, 3.8) is 0 Å². The van der Waals surface area contributed by atoms with E-state index < -0.39 is 10.0 Å². The van der Waals surface area contributed by atoms with E-state index in [0.717, 1.165) is 38.6 Å². The lowest BCUT2D eigenvalue weighted by Gasteiger charge is -2.29. The summed E-state index contributed by atoms with van der Waals surface area (Å²) in [5.74, 6) is 0.243. The van der Waals surface area contributed by atoms with Gasteiger partial charge in [0.1, 0.15) is 0 Å². The van der Waals surface area contributed by atoms with Crippen LogP contribution in [0.15, 0.2) is 0 Å². The van der Waals surface area contributed by atoms with Gasteiger partial charge in [-0.25, -0.2) is 13.1 Å². The van der Waals surface area contributed by atoms with Gasteiger partial charge in [0.15, 0.2) is 0 Å². The minimum Gasteiger partial charge on any atom is -0.313 e. The van der Waals surface area contributed by atoms with Crippen LogP contribution in [0.1, 0.15) is 44.9 Å². The van der Waals surface area contributed by atoms with Crippen LogP contribution in [0, 0.1) is 0 Å². The zero-order valence-electron chi connectivity index (χ0n) is 11.7. The van der Waals surface area contributed by atoms with Gasteiger partial charge in [0.25, 0.3) is 0 Å². The molecule has 0 aromatic carbocycles. The molecule has 0 spiro atoms. The lowest BCUT2D eigenvalue weighted by atomic mass is 9.96. The van der Waals surface area contributed by atoms with E-state index in [1.807, 2.05) is 11.8 Å². The van der Waals surface area contributed by atoms with Crippen molar-refractivity contribution >= 4 is 21.8 Å². The van der Waals surface area contributed by atoms with Gasteiger partial charge in [-0.05, 0) is 44.9 Å². The van der Waals surface area contributed by atoms with Gasteiger partial charge >= 0.3 is 0 Å². The van der Waals surface area contributed by atoms with Crippen molar-refractivity contribution < 1.29 is 8.42 Å². The molecule has 0 aromatic rings. The molecule has 0 amide bonds. The Morgan fingerprint density at radius 1 is 1.21 bits per heavy atom. The maximum Gasteiger partial charge on any atom is 0.213 e. The van der Waals surface area contributed by atoms with Crippen LogP contribution in [0.2, 0.25) is 0 Å². The molecule has 3 atom stereocenters. The van der Waals surface area contributed by atoms with Crippen LogP contribution in [0.5, 0.6) is 0 Å². The SMILES string of the molecule is CSC1CCCC(NS(=O)(=O)CC2CCCCN2)C1. The third kappa shape index (κ3) is 5.25. The second kappa shape index (κ2) is 7.29. The standard InChI is InChI=1S/C13H26N2O2S2/c1-18-13-7-4-6-11(9-13)15-19(16,17)10-12-5-2-3-8-14-12/h11-15H,2-10H2,1H3. The molecule has 1 aliphatic carbocycles. The van der Waals surface area contributed by atoms with E-state index in [2.05, 4.69) is 16.3 Å². The minimum atomic E-state index is -3.13. The Labute approximate surface area is 121 Å². The first-order valence-corrected chi connectivity index (χ1v) is 10.3. The molecule has 0 bridgehead atoms. The van der Waals surface area contributed by atoms with E-state index in [0.29, 0.717) is 5.25 Å². The summed E-state index contributed by atoms with van der Waals surface area (Å²) in [5, 5.41) is 3.93. The summed E-state index contributed by atoms with van der Waals surface area (Å²) in [7, 11) is -3.13. The van der Waals surface area contributed by atoms with Crippen molar-refractivity contribution in [1.82, 2.24) is 10.0 Å². The van der Waals surface area contributed by atoms with Crippen molar-refractivity contribution in [2.24, 2.45) is 0 Å². The maximum atomic E-state index is 12.2. The molecule has 0 radical (unpaired) electrons. The smallest absolute Gasteiger partial charge is 0.213 e. The number of hydrogen-bond donors (Lipinski definition) is 2. The zero-order chi connectivity index (χ0) is 13.7. The largest absolute Gasteiger partial charge is 0.313 e. The fraction of sp³-hybridized carbons (Fsp3) is 1.00. The molecule has 19 heavy (non-hydrogen) atoms. The van der Waals surface area contributed by atoms with Crippen LogP contribution in [0.3, 0.4) is 0 Å². The van der Waals surface area contributed by atoms with Crippen LogP contribution < -0.4 is 10.0 Å². The van der Waals surface area contributed by atoms with Gasteiger partial charge in [-0.15, -0.1) is 0 Å². The van der Waals surface area contributed by atoms with Crippen molar-refractivity contribution in [1.29, 1.82) is 0 Å². The highest BCUT2D eigenvalue weighted by atomic mass is 32.2. The predicted octanol–water partition coefficient (Wildman–Crippen LogP) is 1.72. The Bertz CT molecular complexity index is 367. The quantitative estimate of drug-likeness (QED) is 0.812. The molecule has 3 unspecified atom stereocenters. The van der Waals surface area contributed by atoms with Crippen LogP contribution in [-0.4, -0.2) is 44.3 Å². The molecular weight excluding hydrogens is 280 g/mol. The van der Waals surface area contributed by atoms with Gasteiger partial charge in [0.2, 0.25) is 10.0 Å². The summed E-state index contributed by atoms with van der Waals surface area (Å²) in [6, 6.07) is 0.297. The van der Waals surface area contributed by atoms with Crippen molar-refractivity contribution in [3.05, 3.63) is 0 Å². The molecule has 2 N–H and O–H groups in total. The molecule has 1 saturated carbocycles. The molecule has 4 nitrogen and oxygen atoms in total. The molecule has 0 aromatic heterocycles. The number of rotatable bonds is 5. The molecule has 1 saturated heterocycles. The molecule has 2 fully saturated rings. The minimum absolute atomic E-state index is 0.145. The molecule has 112 valence electrons. The van der Waals surface area contributed by atoms with E-state index in [9.17, 15) is 8.42 Å². The Morgan fingerprint density at radius 2 is 2.05 bits per heavy atom. The van der Waals surface area contributed by atoms with Crippen LogP contribution in [0.4, 0.5) is 0 Å². The summed E-state index contributed by atoms with van der Waals surface area (Å²) < 4.78 is 27.3. The van der Waals surface area contributed by atoms with Crippen molar-refractivity contribution in [2.75, 3.05) is 18.6 Å². The summed E-state index contributed by atoms with van der Waals surface area (Å²) in [5.41, 5.74) is 0. The number of piperidine rings is 1. The third-order valence-corrected chi connectivity index (χ3v) is 6.77. The fourth-order valence-electron chi connectivity index (χ4n) is 3.10. The Hall–Kier alpha value is 0.220. The normalized spacial score (nSPS) is 33.2. The van der Waals surface area contributed by atoms with E-state index in [-0.39, 0.29) is 17.8 Å². The van der Waals surface area contributed by atoms with E-state index in [4.69, 9.17) is 0 Å². The second-order valence-electron chi connectivity index (χ2n) is 5.77. The topological polar surface area (TPSA) is 58.2 Å². The Morgan fingerprint density at radius 3 is 2.74 bits per heavy atom. The zero-order valence-corrected chi connectivity index (χ0v) is 13.4.